The summed E-state index contributed by atoms with van der Waals surface area (Å²) in [7, 11) is 3.50. The van der Waals surface area contributed by atoms with Crippen molar-refractivity contribution < 1.29 is 9.47 Å². The van der Waals surface area contributed by atoms with Crippen LogP contribution in [0, 0.1) is 0 Å². The zero-order valence-electron chi connectivity index (χ0n) is 11.5. The fraction of sp³-hybridized carbons (Fsp3) is 0.357. The van der Waals surface area contributed by atoms with Gasteiger partial charge in [0.1, 0.15) is 6.61 Å². The Balaban J connectivity index is 2.11. The van der Waals surface area contributed by atoms with Gasteiger partial charge in [0.15, 0.2) is 11.5 Å². The Labute approximate surface area is 112 Å². The first-order chi connectivity index (χ1) is 9.10. The highest BCUT2D eigenvalue weighted by molar-refractivity contribution is 5.43. The van der Waals surface area contributed by atoms with Crippen LogP contribution < -0.4 is 15.2 Å². The lowest BCUT2D eigenvalue weighted by atomic mass is 10.1. The molecule has 0 aliphatic carbocycles. The Kier molecular flexibility index (Phi) is 4.06. The van der Waals surface area contributed by atoms with Crippen LogP contribution in [0.5, 0.6) is 11.5 Å². The molecule has 2 aromatic rings. The van der Waals surface area contributed by atoms with Crippen molar-refractivity contribution in [3.05, 3.63) is 41.7 Å². The highest BCUT2D eigenvalue weighted by Gasteiger charge is 2.09. The molecule has 0 radical (unpaired) electrons. The number of hydrogen-bond donors (Lipinski definition) is 1. The molecule has 0 spiro atoms. The molecule has 0 amide bonds. The molecular formula is C14H19N3O2. The highest BCUT2D eigenvalue weighted by atomic mass is 16.5. The van der Waals surface area contributed by atoms with Gasteiger partial charge in [-0.2, -0.15) is 5.10 Å². The van der Waals surface area contributed by atoms with E-state index in [9.17, 15) is 0 Å². The van der Waals surface area contributed by atoms with Gasteiger partial charge in [-0.05, 0) is 30.7 Å². The maximum Gasteiger partial charge on any atom is 0.161 e. The summed E-state index contributed by atoms with van der Waals surface area (Å²) >= 11 is 0. The van der Waals surface area contributed by atoms with Crippen molar-refractivity contribution in [3.8, 4) is 11.5 Å². The number of nitrogens with zero attached hydrogens (tertiary/aromatic N) is 2. The smallest absolute Gasteiger partial charge is 0.161 e. The van der Waals surface area contributed by atoms with Gasteiger partial charge in [0, 0.05) is 19.3 Å². The molecule has 19 heavy (non-hydrogen) atoms. The predicted molar refractivity (Wildman–Crippen MR) is 73.1 cm³/mol. The van der Waals surface area contributed by atoms with E-state index >= 15 is 0 Å². The SMILES string of the molecule is COc1cc([C@@H](C)N)ccc1OCc1ccn(C)n1. The molecule has 0 aliphatic rings. The van der Waals surface area contributed by atoms with Crippen molar-refractivity contribution in [2.75, 3.05) is 7.11 Å². The summed E-state index contributed by atoms with van der Waals surface area (Å²) in [6.45, 7) is 2.35. The predicted octanol–water partition coefficient (Wildman–Crippen LogP) is 2.03. The van der Waals surface area contributed by atoms with Gasteiger partial charge in [-0.25, -0.2) is 0 Å². The Morgan fingerprint density at radius 2 is 2.11 bits per heavy atom. The number of rotatable bonds is 5. The Morgan fingerprint density at radius 1 is 1.32 bits per heavy atom. The normalized spacial score (nSPS) is 12.2. The van der Waals surface area contributed by atoms with E-state index in [1.807, 2.05) is 44.4 Å². The fourth-order valence-electron chi connectivity index (χ4n) is 1.78. The summed E-state index contributed by atoms with van der Waals surface area (Å²) in [5.41, 5.74) is 7.74. The van der Waals surface area contributed by atoms with Gasteiger partial charge in [-0.3, -0.25) is 4.68 Å². The van der Waals surface area contributed by atoms with Crippen LogP contribution in [0.3, 0.4) is 0 Å². The lowest BCUT2D eigenvalue weighted by molar-refractivity contribution is 0.279. The lowest BCUT2D eigenvalue weighted by Gasteiger charge is -2.13. The van der Waals surface area contributed by atoms with Crippen molar-refractivity contribution in [2.24, 2.45) is 12.8 Å². The molecule has 2 rings (SSSR count). The first-order valence-corrected chi connectivity index (χ1v) is 6.15. The first kappa shape index (κ1) is 13.4. The summed E-state index contributed by atoms with van der Waals surface area (Å²) in [5, 5.41) is 4.26. The van der Waals surface area contributed by atoms with E-state index in [1.54, 1.807) is 11.8 Å². The molecule has 2 N–H and O–H groups in total. The van der Waals surface area contributed by atoms with Crippen LogP contribution in [-0.2, 0) is 13.7 Å². The number of hydrogen-bond acceptors (Lipinski definition) is 4. The number of aromatic nitrogens is 2. The second kappa shape index (κ2) is 5.75. The summed E-state index contributed by atoms with van der Waals surface area (Å²) in [5.74, 6) is 1.38. The highest BCUT2D eigenvalue weighted by Crippen LogP contribution is 2.30. The fourth-order valence-corrected chi connectivity index (χ4v) is 1.78. The van der Waals surface area contributed by atoms with Crippen molar-refractivity contribution in [1.29, 1.82) is 0 Å². The van der Waals surface area contributed by atoms with Crippen LogP contribution >= 0.6 is 0 Å². The molecule has 1 atom stereocenters. The van der Waals surface area contributed by atoms with E-state index in [4.69, 9.17) is 15.2 Å². The molecule has 0 saturated carbocycles. The first-order valence-electron chi connectivity index (χ1n) is 6.15. The minimum Gasteiger partial charge on any atom is -0.493 e. The summed E-state index contributed by atoms with van der Waals surface area (Å²) < 4.78 is 12.8. The van der Waals surface area contributed by atoms with E-state index in [0.717, 1.165) is 11.3 Å². The van der Waals surface area contributed by atoms with Gasteiger partial charge in [-0.15, -0.1) is 0 Å². The van der Waals surface area contributed by atoms with Crippen molar-refractivity contribution >= 4 is 0 Å². The van der Waals surface area contributed by atoms with Gasteiger partial charge in [0.2, 0.25) is 0 Å². The van der Waals surface area contributed by atoms with Crippen LogP contribution in [0.1, 0.15) is 24.2 Å². The molecule has 0 bridgehead atoms. The molecule has 0 aliphatic heterocycles. The molecule has 0 fully saturated rings. The maximum absolute atomic E-state index is 5.85. The zero-order chi connectivity index (χ0) is 13.8. The third kappa shape index (κ3) is 3.26. The van der Waals surface area contributed by atoms with E-state index in [2.05, 4.69) is 5.10 Å². The van der Waals surface area contributed by atoms with Crippen molar-refractivity contribution in [1.82, 2.24) is 9.78 Å². The number of methoxy groups -OCH3 is 1. The third-order valence-corrected chi connectivity index (χ3v) is 2.86. The maximum atomic E-state index is 5.85. The number of benzene rings is 1. The molecule has 1 aromatic heterocycles. The van der Waals surface area contributed by atoms with Gasteiger partial charge >= 0.3 is 0 Å². The molecule has 1 aromatic carbocycles. The second-order valence-corrected chi connectivity index (χ2v) is 4.47. The molecule has 5 nitrogen and oxygen atoms in total. The molecule has 0 saturated heterocycles. The number of nitrogens with two attached hydrogens (primary N) is 1. The van der Waals surface area contributed by atoms with E-state index in [0.29, 0.717) is 18.1 Å². The van der Waals surface area contributed by atoms with Crippen molar-refractivity contribution in [2.45, 2.75) is 19.6 Å². The average molecular weight is 261 g/mol. The van der Waals surface area contributed by atoms with Crippen LogP contribution in [0.2, 0.25) is 0 Å². The topological polar surface area (TPSA) is 62.3 Å². The van der Waals surface area contributed by atoms with Crippen LogP contribution in [0.15, 0.2) is 30.5 Å². The zero-order valence-corrected chi connectivity index (χ0v) is 11.5. The van der Waals surface area contributed by atoms with Crippen LogP contribution in [-0.4, -0.2) is 16.9 Å². The molecular weight excluding hydrogens is 242 g/mol. The average Bonchev–Trinajstić information content (AvgIpc) is 2.81. The van der Waals surface area contributed by atoms with Gasteiger partial charge < -0.3 is 15.2 Å². The Hall–Kier alpha value is -2.01. The van der Waals surface area contributed by atoms with E-state index in [1.165, 1.54) is 0 Å². The third-order valence-electron chi connectivity index (χ3n) is 2.86. The minimum absolute atomic E-state index is 0.0289. The van der Waals surface area contributed by atoms with Crippen molar-refractivity contribution in [3.63, 3.8) is 0 Å². The van der Waals surface area contributed by atoms with E-state index < -0.39 is 0 Å². The summed E-state index contributed by atoms with van der Waals surface area (Å²) in [6, 6.07) is 7.61. The quantitative estimate of drug-likeness (QED) is 0.894. The summed E-state index contributed by atoms with van der Waals surface area (Å²) in [4.78, 5) is 0. The number of aryl methyl sites for hydroxylation is 1. The Morgan fingerprint density at radius 3 is 2.68 bits per heavy atom. The molecule has 0 unspecified atom stereocenters. The largest absolute Gasteiger partial charge is 0.493 e. The van der Waals surface area contributed by atoms with Crippen LogP contribution in [0.25, 0.3) is 0 Å². The van der Waals surface area contributed by atoms with Gasteiger partial charge in [0.25, 0.3) is 0 Å². The van der Waals surface area contributed by atoms with E-state index in [-0.39, 0.29) is 6.04 Å². The summed E-state index contributed by atoms with van der Waals surface area (Å²) in [6.07, 6.45) is 1.88. The minimum atomic E-state index is -0.0289. The lowest BCUT2D eigenvalue weighted by Crippen LogP contribution is -2.06. The van der Waals surface area contributed by atoms with Gasteiger partial charge in [0.05, 0.1) is 12.8 Å². The Bertz CT molecular complexity index is 549. The second-order valence-electron chi connectivity index (χ2n) is 4.47. The number of ether oxygens (including phenoxy) is 2. The molecule has 1 heterocycles. The standard InChI is InChI=1S/C14H19N3O2/c1-10(15)11-4-5-13(14(8-11)18-3)19-9-12-6-7-17(2)16-12/h4-8,10H,9,15H2,1-3H3/t10-/m1/s1. The van der Waals surface area contributed by atoms with Gasteiger partial charge in [-0.1, -0.05) is 6.07 Å². The molecule has 5 heteroatoms. The monoisotopic (exact) mass is 261 g/mol. The van der Waals surface area contributed by atoms with Crippen LogP contribution in [0.4, 0.5) is 0 Å². The molecule has 102 valence electrons.